The smallest absolute Gasteiger partial charge is 0.223 e. The predicted molar refractivity (Wildman–Crippen MR) is 76.5 cm³/mol. The molecule has 19 heavy (non-hydrogen) atoms. The third-order valence-corrected chi connectivity index (χ3v) is 3.22. The maximum Gasteiger partial charge on any atom is 0.223 e. The Morgan fingerprint density at radius 1 is 1.47 bits per heavy atom. The Bertz CT molecular complexity index is 394. The zero-order chi connectivity index (χ0) is 14.4. The summed E-state index contributed by atoms with van der Waals surface area (Å²) in [5.41, 5.74) is 7.01. The Morgan fingerprint density at radius 2 is 2.16 bits per heavy atom. The average Bonchev–Trinajstić information content (AvgIpc) is 2.38. The molecule has 5 nitrogen and oxygen atoms in total. The number of rotatable bonds is 6. The first-order valence-corrected chi connectivity index (χ1v) is 6.55. The van der Waals surface area contributed by atoms with Crippen molar-refractivity contribution >= 4 is 5.91 Å². The zero-order valence-corrected chi connectivity index (χ0v) is 12.1. The van der Waals surface area contributed by atoms with Gasteiger partial charge in [-0.25, -0.2) is 0 Å². The Balaban J connectivity index is 2.80. The molecule has 0 saturated heterocycles. The standard InChI is InChI=1S/C14H24N4O/c1-10(14(19)16-3)9-18(4)13(11(2)15)12-7-5-6-8-17-12/h5-8,10-11,13H,9,15H2,1-4H3,(H,16,19). The maximum atomic E-state index is 11.6. The molecule has 0 aliphatic heterocycles. The van der Waals surface area contributed by atoms with Crippen molar-refractivity contribution in [1.29, 1.82) is 0 Å². The third kappa shape index (κ3) is 4.29. The molecule has 0 aromatic carbocycles. The lowest BCUT2D eigenvalue weighted by molar-refractivity contribution is -0.124. The molecule has 1 heterocycles. The van der Waals surface area contributed by atoms with Crippen LogP contribution in [-0.2, 0) is 4.79 Å². The van der Waals surface area contributed by atoms with E-state index in [0.29, 0.717) is 6.54 Å². The van der Waals surface area contributed by atoms with E-state index in [2.05, 4.69) is 15.2 Å². The molecule has 1 rings (SSSR count). The fourth-order valence-corrected chi connectivity index (χ4v) is 2.32. The molecule has 0 fully saturated rings. The Morgan fingerprint density at radius 3 is 2.63 bits per heavy atom. The fraction of sp³-hybridized carbons (Fsp3) is 0.571. The van der Waals surface area contributed by atoms with Gasteiger partial charge >= 0.3 is 0 Å². The molecule has 1 aromatic heterocycles. The van der Waals surface area contributed by atoms with Crippen LogP contribution in [0, 0.1) is 5.92 Å². The van der Waals surface area contributed by atoms with E-state index in [9.17, 15) is 4.79 Å². The summed E-state index contributed by atoms with van der Waals surface area (Å²) in [6.07, 6.45) is 1.76. The highest BCUT2D eigenvalue weighted by Crippen LogP contribution is 2.21. The zero-order valence-electron chi connectivity index (χ0n) is 12.1. The number of hydrogen-bond donors (Lipinski definition) is 2. The molecule has 0 aliphatic rings. The van der Waals surface area contributed by atoms with Crippen LogP contribution >= 0.6 is 0 Å². The highest BCUT2D eigenvalue weighted by molar-refractivity contribution is 5.78. The van der Waals surface area contributed by atoms with Gasteiger partial charge in [0.25, 0.3) is 0 Å². The van der Waals surface area contributed by atoms with Crippen molar-refractivity contribution in [1.82, 2.24) is 15.2 Å². The van der Waals surface area contributed by atoms with Gasteiger partial charge in [0, 0.05) is 31.7 Å². The minimum atomic E-state index is -0.0834. The molecule has 1 amide bonds. The van der Waals surface area contributed by atoms with Crippen LogP contribution in [0.2, 0.25) is 0 Å². The normalized spacial score (nSPS) is 15.9. The summed E-state index contributed by atoms with van der Waals surface area (Å²) in [6, 6.07) is 5.75. The van der Waals surface area contributed by atoms with Crippen LogP contribution in [0.1, 0.15) is 25.6 Å². The fourth-order valence-electron chi connectivity index (χ4n) is 2.32. The molecule has 0 radical (unpaired) electrons. The first-order chi connectivity index (χ1) is 8.97. The van der Waals surface area contributed by atoms with Crippen LogP contribution in [0.4, 0.5) is 0 Å². The van der Waals surface area contributed by atoms with Gasteiger partial charge in [0.15, 0.2) is 0 Å². The van der Waals surface area contributed by atoms with E-state index in [0.717, 1.165) is 5.69 Å². The van der Waals surface area contributed by atoms with Crippen LogP contribution in [0.5, 0.6) is 0 Å². The van der Waals surface area contributed by atoms with Crippen molar-refractivity contribution < 1.29 is 4.79 Å². The largest absolute Gasteiger partial charge is 0.359 e. The Labute approximate surface area is 115 Å². The van der Waals surface area contributed by atoms with Gasteiger partial charge in [0.1, 0.15) is 0 Å². The maximum absolute atomic E-state index is 11.6. The highest BCUT2D eigenvalue weighted by atomic mass is 16.1. The number of likely N-dealkylation sites (N-methyl/N-ethyl adjacent to an activating group) is 1. The summed E-state index contributed by atoms with van der Waals surface area (Å²) in [7, 11) is 3.63. The summed E-state index contributed by atoms with van der Waals surface area (Å²) in [5.74, 6) is -0.0451. The molecule has 0 aliphatic carbocycles. The van der Waals surface area contributed by atoms with Gasteiger partial charge in [-0.3, -0.25) is 14.7 Å². The van der Waals surface area contributed by atoms with Crippen LogP contribution in [-0.4, -0.2) is 42.5 Å². The van der Waals surface area contributed by atoms with E-state index < -0.39 is 0 Å². The molecular formula is C14H24N4O. The number of carbonyl (C=O) groups excluding carboxylic acids is 1. The van der Waals surface area contributed by atoms with Gasteiger partial charge in [0.05, 0.1) is 11.7 Å². The molecule has 1 aromatic rings. The molecular weight excluding hydrogens is 240 g/mol. The number of pyridine rings is 1. The van der Waals surface area contributed by atoms with Gasteiger partial charge in [-0.05, 0) is 26.1 Å². The number of amides is 1. The van der Waals surface area contributed by atoms with Gasteiger partial charge < -0.3 is 11.1 Å². The monoisotopic (exact) mass is 264 g/mol. The van der Waals surface area contributed by atoms with E-state index in [-0.39, 0.29) is 23.9 Å². The third-order valence-electron chi connectivity index (χ3n) is 3.22. The minimum Gasteiger partial charge on any atom is -0.359 e. The van der Waals surface area contributed by atoms with E-state index in [1.54, 1.807) is 13.2 Å². The van der Waals surface area contributed by atoms with Crippen LogP contribution in [0.25, 0.3) is 0 Å². The molecule has 3 N–H and O–H groups in total. The van der Waals surface area contributed by atoms with E-state index in [1.807, 2.05) is 39.1 Å². The van der Waals surface area contributed by atoms with Crippen molar-refractivity contribution in [2.75, 3.05) is 20.6 Å². The van der Waals surface area contributed by atoms with Crippen LogP contribution in [0.15, 0.2) is 24.4 Å². The number of nitrogens with two attached hydrogens (primary N) is 1. The second-order valence-electron chi connectivity index (χ2n) is 5.01. The summed E-state index contributed by atoms with van der Waals surface area (Å²) in [4.78, 5) is 18.1. The summed E-state index contributed by atoms with van der Waals surface area (Å²) in [6.45, 7) is 4.51. The second-order valence-corrected chi connectivity index (χ2v) is 5.01. The molecule has 3 atom stereocenters. The lowest BCUT2D eigenvalue weighted by Gasteiger charge is -2.32. The van der Waals surface area contributed by atoms with Crippen molar-refractivity contribution in [3.05, 3.63) is 30.1 Å². The quantitative estimate of drug-likeness (QED) is 0.796. The Kier molecular flexibility index (Phi) is 5.92. The predicted octanol–water partition coefficient (Wildman–Crippen LogP) is 0.784. The van der Waals surface area contributed by atoms with Crippen LogP contribution < -0.4 is 11.1 Å². The summed E-state index contributed by atoms with van der Waals surface area (Å²) >= 11 is 0. The first-order valence-electron chi connectivity index (χ1n) is 6.55. The second kappa shape index (κ2) is 7.21. The van der Waals surface area contributed by atoms with Crippen LogP contribution in [0.3, 0.4) is 0 Å². The number of nitrogens with one attached hydrogen (secondary N) is 1. The van der Waals surface area contributed by atoms with Gasteiger partial charge in [0.2, 0.25) is 5.91 Å². The summed E-state index contributed by atoms with van der Waals surface area (Å²) in [5, 5.41) is 2.67. The van der Waals surface area contributed by atoms with E-state index >= 15 is 0 Å². The lowest BCUT2D eigenvalue weighted by Crippen LogP contribution is -2.42. The number of carbonyl (C=O) groups is 1. The number of nitrogens with zero attached hydrogens (tertiary/aromatic N) is 2. The van der Waals surface area contributed by atoms with Gasteiger partial charge in [-0.1, -0.05) is 13.0 Å². The van der Waals surface area contributed by atoms with Crippen molar-refractivity contribution in [3.63, 3.8) is 0 Å². The molecule has 0 spiro atoms. The number of aromatic nitrogens is 1. The van der Waals surface area contributed by atoms with Crippen molar-refractivity contribution in [2.45, 2.75) is 25.9 Å². The lowest BCUT2D eigenvalue weighted by atomic mass is 10.0. The highest BCUT2D eigenvalue weighted by Gasteiger charge is 2.25. The minimum absolute atomic E-state index is 0.00769. The molecule has 106 valence electrons. The van der Waals surface area contributed by atoms with E-state index in [4.69, 9.17) is 5.73 Å². The SMILES string of the molecule is CNC(=O)C(C)CN(C)C(c1ccccn1)C(C)N. The number of hydrogen-bond acceptors (Lipinski definition) is 4. The topological polar surface area (TPSA) is 71.2 Å². The van der Waals surface area contributed by atoms with Gasteiger partial charge in [-0.2, -0.15) is 0 Å². The first kappa shape index (κ1) is 15.6. The average molecular weight is 264 g/mol. The van der Waals surface area contributed by atoms with Crippen molar-refractivity contribution in [2.24, 2.45) is 11.7 Å². The van der Waals surface area contributed by atoms with Crippen molar-refractivity contribution in [3.8, 4) is 0 Å². The van der Waals surface area contributed by atoms with E-state index in [1.165, 1.54) is 0 Å². The molecule has 0 bridgehead atoms. The molecule has 0 saturated carbocycles. The Hall–Kier alpha value is -1.46. The van der Waals surface area contributed by atoms with Gasteiger partial charge in [-0.15, -0.1) is 0 Å². The molecule has 3 unspecified atom stereocenters. The summed E-state index contributed by atoms with van der Waals surface area (Å²) < 4.78 is 0. The molecule has 5 heteroatoms.